The standard InChI is InChI=1S/C19H16ClNO5/c1-11(19(23)21-13-5-7-16(24-2)15(20)9-13)25-14-6-3-12-4-8-18(22)26-17(12)10-14/h3-11H,1-2H3,(H,21,23)/t11-/m1/s1. The average molecular weight is 374 g/mol. The minimum absolute atomic E-state index is 0.346. The van der Waals surface area contributed by atoms with Crippen LogP contribution in [0.4, 0.5) is 5.69 Å². The molecule has 0 aliphatic rings. The van der Waals surface area contributed by atoms with Crippen molar-refractivity contribution in [3.8, 4) is 11.5 Å². The summed E-state index contributed by atoms with van der Waals surface area (Å²) in [4.78, 5) is 23.6. The van der Waals surface area contributed by atoms with Gasteiger partial charge in [-0.05, 0) is 43.3 Å². The summed E-state index contributed by atoms with van der Waals surface area (Å²) < 4.78 is 15.8. The molecule has 7 heteroatoms. The normalized spacial score (nSPS) is 11.8. The van der Waals surface area contributed by atoms with Gasteiger partial charge in [0.1, 0.15) is 17.1 Å². The number of benzene rings is 2. The summed E-state index contributed by atoms with van der Waals surface area (Å²) in [5.41, 5.74) is 0.474. The van der Waals surface area contributed by atoms with Crippen molar-refractivity contribution in [2.75, 3.05) is 12.4 Å². The molecule has 0 bridgehead atoms. The molecule has 26 heavy (non-hydrogen) atoms. The maximum atomic E-state index is 12.3. The van der Waals surface area contributed by atoms with E-state index in [0.29, 0.717) is 27.8 Å². The molecule has 3 aromatic rings. The van der Waals surface area contributed by atoms with E-state index < -0.39 is 11.7 Å². The zero-order valence-corrected chi connectivity index (χ0v) is 14.9. The van der Waals surface area contributed by atoms with E-state index in [1.807, 2.05) is 0 Å². The van der Waals surface area contributed by atoms with Crippen molar-refractivity contribution in [3.05, 3.63) is 64.0 Å². The first kappa shape index (κ1) is 17.8. The molecule has 3 rings (SSSR count). The Morgan fingerprint density at radius 2 is 1.92 bits per heavy atom. The first-order valence-corrected chi connectivity index (χ1v) is 8.19. The van der Waals surface area contributed by atoms with Crippen molar-refractivity contribution >= 4 is 34.2 Å². The predicted molar refractivity (Wildman–Crippen MR) is 99.2 cm³/mol. The number of amides is 1. The third-order valence-electron chi connectivity index (χ3n) is 3.70. The summed E-state index contributed by atoms with van der Waals surface area (Å²) in [5.74, 6) is 0.592. The first-order chi connectivity index (χ1) is 12.5. The lowest BCUT2D eigenvalue weighted by Crippen LogP contribution is -2.30. The Morgan fingerprint density at radius 3 is 2.65 bits per heavy atom. The largest absolute Gasteiger partial charge is 0.495 e. The number of rotatable bonds is 5. The second-order valence-corrected chi connectivity index (χ2v) is 5.96. The fourth-order valence-corrected chi connectivity index (χ4v) is 2.62. The Kier molecular flexibility index (Phi) is 5.14. The molecule has 0 aliphatic carbocycles. The van der Waals surface area contributed by atoms with E-state index in [0.717, 1.165) is 5.39 Å². The van der Waals surface area contributed by atoms with Gasteiger partial charge in [-0.1, -0.05) is 11.6 Å². The SMILES string of the molecule is COc1ccc(NC(=O)[C@@H](C)Oc2ccc3ccc(=O)oc3c2)cc1Cl. The molecule has 1 aromatic heterocycles. The molecule has 0 spiro atoms. The topological polar surface area (TPSA) is 77.8 Å². The van der Waals surface area contributed by atoms with E-state index in [4.69, 9.17) is 25.5 Å². The maximum Gasteiger partial charge on any atom is 0.336 e. The number of halogens is 1. The molecule has 0 unspecified atom stereocenters. The smallest absolute Gasteiger partial charge is 0.336 e. The average Bonchev–Trinajstić information content (AvgIpc) is 2.61. The van der Waals surface area contributed by atoms with Crippen molar-refractivity contribution in [1.82, 2.24) is 0 Å². The zero-order valence-electron chi connectivity index (χ0n) is 14.1. The number of hydrogen-bond donors (Lipinski definition) is 1. The van der Waals surface area contributed by atoms with Crippen LogP contribution < -0.4 is 20.4 Å². The highest BCUT2D eigenvalue weighted by atomic mass is 35.5. The second kappa shape index (κ2) is 7.49. The van der Waals surface area contributed by atoms with Crippen LogP contribution in [0.3, 0.4) is 0 Å². The van der Waals surface area contributed by atoms with Crippen LogP contribution in [0.1, 0.15) is 6.92 Å². The lowest BCUT2D eigenvalue weighted by molar-refractivity contribution is -0.122. The van der Waals surface area contributed by atoms with Gasteiger partial charge in [0.05, 0.1) is 12.1 Å². The molecular weight excluding hydrogens is 358 g/mol. The first-order valence-electron chi connectivity index (χ1n) is 7.81. The van der Waals surface area contributed by atoms with Crippen LogP contribution in [-0.4, -0.2) is 19.1 Å². The molecule has 134 valence electrons. The van der Waals surface area contributed by atoms with Gasteiger partial charge in [0, 0.05) is 23.2 Å². The highest BCUT2D eigenvalue weighted by Crippen LogP contribution is 2.27. The molecular formula is C19H16ClNO5. The Bertz CT molecular complexity index is 1010. The van der Waals surface area contributed by atoms with Gasteiger partial charge in [-0.2, -0.15) is 0 Å². The highest BCUT2D eigenvalue weighted by molar-refractivity contribution is 6.32. The van der Waals surface area contributed by atoms with Gasteiger partial charge in [-0.25, -0.2) is 4.79 Å². The molecule has 1 N–H and O–H groups in total. The van der Waals surface area contributed by atoms with E-state index in [9.17, 15) is 9.59 Å². The Morgan fingerprint density at radius 1 is 1.15 bits per heavy atom. The van der Waals surface area contributed by atoms with Crippen molar-refractivity contribution in [2.45, 2.75) is 13.0 Å². The molecule has 2 aromatic carbocycles. The number of hydrogen-bond acceptors (Lipinski definition) is 5. The number of carbonyl (C=O) groups is 1. The lowest BCUT2D eigenvalue weighted by atomic mass is 10.2. The quantitative estimate of drug-likeness (QED) is 0.687. The van der Waals surface area contributed by atoms with E-state index in [1.165, 1.54) is 13.2 Å². The minimum Gasteiger partial charge on any atom is -0.495 e. The van der Waals surface area contributed by atoms with Gasteiger partial charge in [0.15, 0.2) is 6.10 Å². The van der Waals surface area contributed by atoms with Crippen LogP contribution in [-0.2, 0) is 4.79 Å². The van der Waals surface area contributed by atoms with Crippen LogP contribution in [0.25, 0.3) is 11.0 Å². The molecule has 0 aliphatic heterocycles. The number of ether oxygens (including phenoxy) is 2. The van der Waals surface area contributed by atoms with Crippen LogP contribution in [0.2, 0.25) is 5.02 Å². The predicted octanol–water partition coefficient (Wildman–Crippen LogP) is 3.86. The van der Waals surface area contributed by atoms with Crippen LogP contribution in [0, 0.1) is 0 Å². The number of anilines is 1. The summed E-state index contributed by atoms with van der Waals surface area (Å²) in [6, 6.07) is 13.0. The monoisotopic (exact) mass is 373 g/mol. The third kappa shape index (κ3) is 3.97. The van der Waals surface area contributed by atoms with E-state index in [1.54, 1.807) is 49.4 Å². The fourth-order valence-electron chi connectivity index (χ4n) is 2.36. The molecule has 0 saturated carbocycles. The van der Waals surface area contributed by atoms with Crippen molar-refractivity contribution in [1.29, 1.82) is 0 Å². The van der Waals surface area contributed by atoms with E-state index in [-0.39, 0.29) is 5.91 Å². The molecule has 6 nitrogen and oxygen atoms in total. The van der Waals surface area contributed by atoms with Gasteiger partial charge in [0.25, 0.3) is 5.91 Å². The second-order valence-electron chi connectivity index (χ2n) is 5.55. The number of fused-ring (bicyclic) bond motifs is 1. The van der Waals surface area contributed by atoms with Crippen LogP contribution in [0.5, 0.6) is 11.5 Å². The van der Waals surface area contributed by atoms with Gasteiger partial charge < -0.3 is 19.2 Å². The van der Waals surface area contributed by atoms with Gasteiger partial charge in [-0.3, -0.25) is 4.79 Å². The number of carbonyl (C=O) groups excluding carboxylic acids is 1. The molecule has 1 heterocycles. The summed E-state index contributed by atoms with van der Waals surface area (Å²) in [6.07, 6.45) is -0.774. The Labute approximate surface area is 154 Å². The van der Waals surface area contributed by atoms with Crippen molar-refractivity contribution < 1.29 is 18.7 Å². The molecule has 0 fully saturated rings. The Hall–Kier alpha value is -2.99. The summed E-state index contributed by atoms with van der Waals surface area (Å²) in [5, 5.41) is 3.88. The third-order valence-corrected chi connectivity index (χ3v) is 3.99. The highest BCUT2D eigenvalue weighted by Gasteiger charge is 2.16. The van der Waals surface area contributed by atoms with Gasteiger partial charge in [0.2, 0.25) is 0 Å². The number of nitrogens with one attached hydrogen (secondary N) is 1. The maximum absolute atomic E-state index is 12.3. The van der Waals surface area contributed by atoms with Crippen LogP contribution in [0.15, 0.2) is 57.7 Å². The summed E-state index contributed by atoms with van der Waals surface area (Å²) in [7, 11) is 1.51. The summed E-state index contributed by atoms with van der Waals surface area (Å²) >= 11 is 6.05. The van der Waals surface area contributed by atoms with E-state index >= 15 is 0 Å². The van der Waals surface area contributed by atoms with E-state index in [2.05, 4.69) is 5.32 Å². The van der Waals surface area contributed by atoms with Crippen LogP contribution >= 0.6 is 11.6 Å². The number of methoxy groups -OCH3 is 1. The lowest BCUT2D eigenvalue weighted by Gasteiger charge is -2.15. The summed E-state index contributed by atoms with van der Waals surface area (Å²) in [6.45, 7) is 1.62. The minimum atomic E-state index is -0.774. The molecule has 1 amide bonds. The van der Waals surface area contributed by atoms with Gasteiger partial charge >= 0.3 is 5.63 Å². The van der Waals surface area contributed by atoms with Crippen molar-refractivity contribution in [2.24, 2.45) is 0 Å². The zero-order chi connectivity index (χ0) is 18.7. The molecule has 0 radical (unpaired) electrons. The molecule has 1 atom stereocenters. The Balaban J connectivity index is 1.71. The van der Waals surface area contributed by atoms with Gasteiger partial charge in [-0.15, -0.1) is 0 Å². The van der Waals surface area contributed by atoms with Crippen molar-refractivity contribution in [3.63, 3.8) is 0 Å². The molecule has 0 saturated heterocycles. The fraction of sp³-hybridized carbons (Fsp3) is 0.158.